The molecule has 0 fully saturated rings. The van der Waals surface area contributed by atoms with Gasteiger partial charge in [-0.2, -0.15) is 13.2 Å². The van der Waals surface area contributed by atoms with Crippen molar-refractivity contribution in [3.63, 3.8) is 0 Å². The molecule has 3 nitrogen and oxygen atoms in total. The van der Waals surface area contributed by atoms with E-state index in [0.717, 1.165) is 4.90 Å². The van der Waals surface area contributed by atoms with Crippen LogP contribution in [-0.2, 0) is 0 Å². The van der Waals surface area contributed by atoms with Gasteiger partial charge in [0.2, 0.25) is 0 Å². The summed E-state index contributed by atoms with van der Waals surface area (Å²) in [6.07, 6.45) is -5.10. The van der Waals surface area contributed by atoms with E-state index in [1.165, 1.54) is 0 Å². The van der Waals surface area contributed by atoms with Gasteiger partial charge in [-0.25, -0.2) is 0 Å². The van der Waals surface area contributed by atoms with Gasteiger partial charge in [0.15, 0.2) is 0 Å². The van der Waals surface area contributed by atoms with E-state index in [2.05, 4.69) is 0 Å². The molecular weight excluding hydrogens is 185 g/mol. The zero-order valence-electron chi connectivity index (χ0n) is 7.51. The topological polar surface area (TPSA) is 49.5 Å². The second kappa shape index (κ2) is 5.41. The Morgan fingerprint density at radius 2 is 2.00 bits per heavy atom. The molecule has 0 saturated carbocycles. The van der Waals surface area contributed by atoms with Crippen molar-refractivity contribution in [1.82, 2.24) is 4.90 Å². The van der Waals surface area contributed by atoms with Crippen LogP contribution in [0.15, 0.2) is 0 Å². The Kier molecular flexibility index (Phi) is 5.27. The minimum absolute atomic E-state index is 0.0195. The summed E-state index contributed by atoms with van der Waals surface area (Å²) < 4.78 is 35.7. The molecule has 0 aliphatic rings. The highest BCUT2D eigenvalue weighted by molar-refractivity contribution is 4.67. The average molecular weight is 200 g/mol. The first-order valence-electron chi connectivity index (χ1n) is 4.06. The number of nitrogens with two attached hydrogens (primary N) is 1. The van der Waals surface area contributed by atoms with Gasteiger partial charge in [0.05, 0.1) is 12.6 Å². The molecule has 0 aromatic carbocycles. The lowest BCUT2D eigenvalue weighted by atomic mass is 10.3. The largest absolute Gasteiger partial charge is 0.401 e. The molecule has 0 heterocycles. The van der Waals surface area contributed by atoms with Crippen molar-refractivity contribution in [2.24, 2.45) is 5.73 Å². The summed E-state index contributed by atoms with van der Waals surface area (Å²) in [4.78, 5) is 1.11. The first-order chi connectivity index (χ1) is 5.89. The maximum atomic E-state index is 11.9. The summed E-state index contributed by atoms with van der Waals surface area (Å²) >= 11 is 0. The summed E-state index contributed by atoms with van der Waals surface area (Å²) in [5.41, 5.74) is 5.08. The van der Waals surface area contributed by atoms with E-state index in [-0.39, 0.29) is 19.6 Å². The van der Waals surface area contributed by atoms with Crippen LogP contribution in [0.5, 0.6) is 0 Å². The molecule has 1 atom stereocenters. The van der Waals surface area contributed by atoms with Crippen LogP contribution in [0, 0.1) is 0 Å². The highest BCUT2D eigenvalue weighted by Crippen LogP contribution is 2.16. The van der Waals surface area contributed by atoms with E-state index in [4.69, 9.17) is 10.8 Å². The van der Waals surface area contributed by atoms with Crippen LogP contribution in [0.1, 0.15) is 6.92 Å². The number of hydrogen-bond acceptors (Lipinski definition) is 3. The summed E-state index contributed by atoms with van der Waals surface area (Å²) in [5.74, 6) is 0. The van der Waals surface area contributed by atoms with Gasteiger partial charge in [-0.1, -0.05) is 6.92 Å². The number of aliphatic hydroxyl groups is 1. The average Bonchev–Trinajstić information content (AvgIpc) is 2.00. The van der Waals surface area contributed by atoms with Gasteiger partial charge in [-0.15, -0.1) is 0 Å². The van der Waals surface area contributed by atoms with Crippen molar-refractivity contribution < 1.29 is 18.3 Å². The summed E-state index contributed by atoms with van der Waals surface area (Å²) in [7, 11) is 0. The standard InChI is InChI=1S/C7H15F3N2O/c1-2-12(4-6(13)3-11)5-7(8,9)10/h6,13H,2-5,11H2,1H3. The van der Waals surface area contributed by atoms with Crippen LogP contribution in [0.25, 0.3) is 0 Å². The summed E-state index contributed by atoms with van der Waals surface area (Å²) in [5, 5.41) is 9.02. The minimum Gasteiger partial charge on any atom is -0.390 e. The molecule has 1 unspecified atom stereocenters. The fraction of sp³-hybridized carbons (Fsp3) is 1.00. The first kappa shape index (κ1) is 12.7. The lowest BCUT2D eigenvalue weighted by Crippen LogP contribution is -2.41. The highest BCUT2D eigenvalue weighted by atomic mass is 19.4. The normalized spacial score (nSPS) is 15.0. The Morgan fingerprint density at radius 1 is 1.46 bits per heavy atom. The molecule has 0 aromatic rings. The number of halogens is 3. The molecule has 0 aromatic heterocycles. The van der Waals surface area contributed by atoms with E-state index in [0.29, 0.717) is 0 Å². The van der Waals surface area contributed by atoms with Crippen molar-refractivity contribution in [3.05, 3.63) is 0 Å². The lowest BCUT2D eigenvalue weighted by Gasteiger charge is -2.23. The number of aliphatic hydroxyl groups excluding tert-OH is 1. The highest BCUT2D eigenvalue weighted by Gasteiger charge is 2.30. The molecule has 0 bridgehead atoms. The van der Waals surface area contributed by atoms with Crippen LogP contribution in [0.4, 0.5) is 13.2 Å². The third kappa shape index (κ3) is 6.80. The maximum Gasteiger partial charge on any atom is 0.401 e. The fourth-order valence-electron chi connectivity index (χ4n) is 0.932. The molecule has 6 heteroatoms. The molecule has 0 spiro atoms. The van der Waals surface area contributed by atoms with Crippen molar-refractivity contribution in [1.29, 1.82) is 0 Å². The second-order valence-electron chi connectivity index (χ2n) is 2.83. The number of alkyl halides is 3. The number of hydrogen-bond donors (Lipinski definition) is 2. The number of likely N-dealkylation sites (N-methyl/N-ethyl adjacent to an activating group) is 1. The first-order valence-corrected chi connectivity index (χ1v) is 4.06. The van der Waals surface area contributed by atoms with Crippen LogP contribution >= 0.6 is 0 Å². The van der Waals surface area contributed by atoms with Crippen molar-refractivity contribution >= 4 is 0 Å². The quantitative estimate of drug-likeness (QED) is 0.666. The van der Waals surface area contributed by atoms with Crippen LogP contribution in [-0.4, -0.2) is 48.5 Å². The smallest absolute Gasteiger partial charge is 0.390 e. The van der Waals surface area contributed by atoms with E-state index < -0.39 is 18.8 Å². The van der Waals surface area contributed by atoms with Gasteiger partial charge in [0.1, 0.15) is 0 Å². The van der Waals surface area contributed by atoms with Crippen LogP contribution < -0.4 is 5.73 Å². The molecule has 3 N–H and O–H groups in total. The molecule has 0 aliphatic heterocycles. The van der Waals surface area contributed by atoms with Crippen molar-refractivity contribution in [3.8, 4) is 0 Å². The SMILES string of the molecule is CCN(CC(O)CN)CC(F)(F)F. The Bertz CT molecular complexity index is 140. The Balaban J connectivity index is 3.89. The predicted octanol–water partition coefficient (Wildman–Crippen LogP) is 0.190. The number of rotatable bonds is 5. The zero-order chi connectivity index (χ0) is 10.5. The predicted molar refractivity (Wildman–Crippen MR) is 43.2 cm³/mol. The van der Waals surface area contributed by atoms with Gasteiger partial charge < -0.3 is 10.8 Å². The third-order valence-electron chi connectivity index (χ3n) is 1.59. The second-order valence-corrected chi connectivity index (χ2v) is 2.83. The van der Waals surface area contributed by atoms with E-state index in [9.17, 15) is 13.2 Å². The Morgan fingerprint density at radius 3 is 2.31 bits per heavy atom. The molecule has 80 valence electrons. The van der Waals surface area contributed by atoms with Gasteiger partial charge in [-0.05, 0) is 6.54 Å². The van der Waals surface area contributed by atoms with Gasteiger partial charge in [-0.3, -0.25) is 4.90 Å². The van der Waals surface area contributed by atoms with Gasteiger partial charge in [0.25, 0.3) is 0 Å². The molecule has 0 saturated heterocycles. The summed E-state index contributed by atoms with van der Waals surface area (Å²) in [6, 6.07) is 0. The van der Waals surface area contributed by atoms with E-state index in [1.54, 1.807) is 6.92 Å². The minimum atomic E-state index is -4.22. The van der Waals surface area contributed by atoms with Crippen LogP contribution in [0.2, 0.25) is 0 Å². The van der Waals surface area contributed by atoms with E-state index in [1.807, 2.05) is 0 Å². The monoisotopic (exact) mass is 200 g/mol. The van der Waals surface area contributed by atoms with E-state index >= 15 is 0 Å². The number of nitrogens with zero attached hydrogens (tertiary/aromatic N) is 1. The molecule has 0 aliphatic carbocycles. The molecule has 0 rings (SSSR count). The van der Waals surface area contributed by atoms with Crippen LogP contribution in [0.3, 0.4) is 0 Å². The maximum absolute atomic E-state index is 11.9. The zero-order valence-corrected chi connectivity index (χ0v) is 7.51. The Hall–Kier alpha value is -0.330. The van der Waals surface area contributed by atoms with Gasteiger partial charge in [0, 0.05) is 13.1 Å². The lowest BCUT2D eigenvalue weighted by molar-refractivity contribution is -0.147. The fourth-order valence-corrected chi connectivity index (χ4v) is 0.932. The summed E-state index contributed by atoms with van der Waals surface area (Å²) in [6.45, 7) is 0.799. The Labute approximate surface area is 75.3 Å². The molecule has 13 heavy (non-hydrogen) atoms. The van der Waals surface area contributed by atoms with Crippen molar-refractivity contribution in [2.75, 3.05) is 26.2 Å². The molecule has 0 radical (unpaired) electrons. The van der Waals surface area contributed by atoms with Crippen molar-refractivity contribution in [2.45, 2.75) is 19.2 Å². The molecule has 0 amide bonds. The third-order valence-corrected chi connectivity index (χ3v) is 1.59. The molecular formula is C7H15F3N2O. The van der Waals surface area contributed by atoms with Gasteiger partial charge >= 0.3 is 6.18 Å².